The smallest absolute Gasteiger partial charge is 0.309 e. The third kappa shape index (κ3) is 9.75. The molecule has 0 heterocycles. The van der Waals surface area contributed by atoms with E-state index in [4.69, 9.17) is 54.2 Å². The average Bonchev–Trinajstić information content (AvgIpc) is 2.96. The SMILES string of the molecule is COCOc1ccc(Cl)c(OCOC)c1C(=O)C=Cc1cc(OC)c(OC)cc1OCCOC1CC(C(=O)OC(C)(C)C)C1. The van der Waals surface area contributed by atoms with Gasteiger partial charge in [-0.05, 0) is 64.0 Å². The van der Waals surface area contributed by atoms with Gasteiger partial charge >= 0.3 is 5.97 Å². The van der Waals surface area contributed by atoms with Crippen LogP contribution in [0.2, 0.25) is 5.02 Å². The van der Waals surface area contributed by atoms with Crippen LogP contribution in [0.15, 0.2) is 30.3 Å². The molecule has 0 aliphatic heterocycles. The molecule has 44 heavy (non-hydrogen) atoms. The fraction of sp³-hybridized carbons (Fsp3) is 0.500. The first-order chi connectivity index (χ1) is 21.0. The third-order valence-electron chi connectivity index (χ3n) is 6.43. The molecule has 242 valence electrons. The predicted octanol–water partition coefficient (Wildman–Crippen LogP) is 5.73. The molecule has 3 rings (SSSR count). The molecule has 0 saturated heterocycles. The topological polar surface area (TPSA) is 117 Å². The molecule has 11 nitrogen and oxygen atoms in total. The summed E-state index contributed by atoms with van der Waals surface area (Å²) in [5.41, 5.74) is 0.135. The maximum Gasteiger partial charge on any atom is 0.309 e. The van der Waals surface area contributed by atoms with Crippen LogP contribution < -0.4 is 23.7 Å². The molecule has 0 N–H and O–H groups in total. The summed E-state index contributed by atoms with van der Waals surface area (Å²) in [5, 5.41) is 0.211. The maximum atomic E-state index is 13.5. The minimum absolute atomic E-state index is 0.0414. The van der Waals surface area contributed by atoms with Gasteiger partial charge in [0.25, 0.3) is 0 Å². The van der Waals surface area contributed by atoms with Gasteiger partial charge in [-0.25, -0.2) is 0 Å². The first-order valence-corrected chi connectivity index (χ1v) is 14.4. The Balaban J connectivity index is 1.74. The lowest BCUT2D eigenvalue weighted by Crippen LogP contribution is -2.40. The molecular weight excluding hydrogens is 596 g/mol. The Bertz CT molecular complexity index is 1300. The Hall–Kier alpha value is -3.51. The van der Waals surface area contributed by atoms with Crippen molar-refractivity contribution < 1.29 is 52.2 Å². The molecule has 0 unspecified atom stereocenters. The number of benzene rings is 2. The number of hydrogen-bond donors (Lipinski definition) is 0. The van der Waals surface area contributed by atoms with Crippen LogP contribution >= 0.6 is 11.6 Å². The Morgan fingerprint density at radius 1 is 0.864 bits per heavy atom. The van der Waals surface area contributed by atoms with Gasteiger partial charge in [0.05, 0.1) is 37.9 Å². The van der Waals surface area contributed by atoms with Gasteiger partial charge in [0.2, 0.25) is 0 Å². The van der Waals surface area contributed by atoms with E-state index in [0.29, 0.717) is 42.3 Å². The lowest BCUT2D eigenvalue weighted by molar-refractivity contribution is -0.169. The molecule has 0 amide bonds. The zero-order chi connectivity index (χ0) is 32.3. The highest BCUT2D eigenvalue weighted by Gasteiger charge is 2.37. The summed E-state index contributed by atoms with van der Waals surface area (Å²) in [6, 6.07) is 6.48. The van der Waals surface area contributed by atoms with Gasteiger partial charge in [0, 0.05) is 25.8 Å². The first-order valence-electron chi connectivity index (χ1n) is 14.0. The van der Waals surface area contributed by atoms with Gasteiger partial charge in [0.15, 0.2) is 36.6 Å². The zero-order valence-electron chi connectivity index (χ0n) is 26.2. The van der Waals surface area contributed by atoms with Gasteiger partial charge in [-0.2, -0.15) is 0 Å². The Kier molecular flexibility index (Phi) is 13.1. The van der Waals surface area contributed by atoms with Crippen LogP contribution in [0.3, 0.4) is 0 Å². The number of carbonyl (C=O) groups excluding carboxylic acids is 2. The summed E-state index contributed by atoms with van der Waals surface area (Å²) in [6.07, 6.45) is 4.11. The van der Waals surface area contributed by atoms with E-state index in [-0.39, 0.29) is 60.3 Å². The van der Waals surface area contributed by atoms with Crippen molar-refractivity contribution >= 4 is 29.4 Å². The predicted molar refractivity (Wildman–Crippen MR) is 163 cm³/mol. The zero-order valence-corrected chi connectivity index (χ0v) is 27.0. The number of ether oxygens (including phenoxy) is 9. The molecule has 0 bridgehead atoms. The second-order valence-electron chi connectivity index (χ2n) is 10.8. The van der Waals surface area contributed by atoms with Gasteiger partial charge < -0.3 is 42.6 Å². The lowest BCUT2D eigenvalue weighted by atomic mass is 9.82. The molecule has 1 saturated carbocycles. The molecule has 0 aromatic heterocycles. The van der Waals surface area contributed by atoms with Crippen molar-refractivity contribution in [1.29, 1.82) is 0 Å². The molecule has 1 fully saturated rings. The van der Waals surface area contributed by atoms with Crippen LogP contribution in [-0.2, 0) is 23.7 Å². The third-order valence-corrected chi connectivity index (χ3v) is 6.73. The summed E-state index contributed by atoms with van der Waals surface area (Å²) in [6.45, 7) is 5.85. The molecule has 0 radical (unpaired) electrons. The van der Waals surface area contributed by atoms with Crippen LogP contribution in [0.25, 0.3) is 6.08 Å². The fourth-order valence-corrected chi connectivity index (χ4v) is 4.51. The van der Waals surface area contributed by atoms with Gasteiger partial charge in [0.1, 0.15) is 29.3 Å². The molecule has 0 atom stereocenters. The van der Waals surface area contributed by atoms with E-state index in [1.807, 2.05) is 20.8 Å². The first kappa shape index (κ1) is 35.0. The number of halogens is 1. The average molecular weight is 637 g/mol. The van der Waals surface area contributed by atoms with Crippen molar-refractivity contribution in [2.45, 2.75) is 45.3 Å². The summed E-state index contributed by atoms with van der Waals surface area (Å²) < 4.78 is 49.5. The van der Waals surface area contributed by atoms with Crippen LogP contribution in [0.5, 0.6) is 28.7 Å². The summed E-state index contributed by atoms with van der Waals surface area (Å²) >= 11 is 6.36. The second kappa shape index (κ2) is 16.5. The highest BCUT2D eigenvalue weighted by atomic mass is 35.5. The van der Waals surface area contributed by atoms with Crippen LogP contribution in [-0.4, -0.2) is 78.7 Å². The van der Waals surface area contributed by atoms with E-state index in [1.165, 1.54) is 34.5 Å². The van der Waals surface area contributed by atoms with Crippen molar-refractivity contribution in [2.75, 3.05) is 55.2 Å². The molecule has 12 heteroatoms. The van der Waals surface area contributed by atoms with Crippen molar-refractivity contribution in [1.82, 2.24) is 0 Å². The summed E-state index contributed by atoms with van der Waals surface area (Å²) in [5.74, 6) is 0.878. The van der Waals surface area contributed by atoms with Crippen molar-refractivity contribution in [3.05, 3.63) is 46.5 Å². The minimum atomic E-state index is -0.513. The highest BCUT2D eigenvalue weighted by Crippen LogP contribution is 2.38. The number of esters is 1. The van der Waals surface area contributed by atoms with E-state index in [2.05, 4.69) is 0 Å². The number of rotatable bonds is 17. The van der Waals surface area contributed by atoms with Gasteiger partial charge in [-0.15, -0.1) is 0 Å². The maximum absolute atomic E-state index is 13.5. The molecular formula is C32H41ClO11. The number of hydrogen-bond acceptors (Lipinski definition) is 11. The van der Waals surface area contributed by atoms with Crippen LogP contribution in [0.1, 0.15) is 49.5 Å². The van der Waals surface area contributed by atoms with Crippen molar-refractivity contribution in [3.8, 4) is 28.7 Å². The summed E-state index contributed by atoms with van der Waals surface area (Å²) in [4.78, 5) is 25.7. The van der Waals surface area contributed by atoms with E-state index < -0.39 is 11.4 Å². The van der Waals surface area contributed by atoms with E-state index in [1.54, 1.807) is 30.3 Å². The molecule has 2 aromatic carbocycles. The minimum Gasteiger partial charge on any atom is -0.493 e. The number of carbonyl (C=O) groups is 2. The largest absolute Gasteiger partial charge is 0.493 e. The van der Waals surface area contributed by atoms with E-state index in [0.717, 1.165) is 0 Å². The fourth-order valence-electron chi connectivity index (χ4n) is 4.30. The monoisotopic (exact) mass is 636 g/mol. The van der Waals surface area contributed by atoms with Crippen molar-refractivity contribution in [2.24, 2.45) is 5.92 Å². The molecule has 0 spiro atoms. The van der Waals surface area contributed by atoms with E-state index >= 15 is 0 Å². The van der Waals surface area contributed by atoms with Gasteiger partial charge in [-0.3, -0.25) is 9.59 Å². The second-order valence-corrected chi connectivity index (χ2v) is 11.2. The number of methoxy groups -OCH3 is 4. The lowest BCUT2D eigenvalue weighted by Gasteiger charge is -2.35. The Morgan fingerprint density at radius 2 is 1.52 bits per heavy atom. The molecule has 2 aromatic rings. The van der Waals surface area contributed by atoms with Crippen LogP contribution in [0.4, 0.5) is 0 Å². The van der Waals surface area contributed by atoms with Crippen molar-refractivity contribution in [3.63, 3.8) is 0 Å². The normalized spacial score (nSPS) is 16.3. The van der Waals surface area contributed by atoms with Crippen LogP contribution in [0, 0.1) is 5.92 Å². The quantitative estimate of drug-likeness (QED) is 0.0696. The Labute approximate surface area is 263 Å². The Morgan fingerprint density at radius 3 is 2.16 bits per heavy atom. The number of ketones is 1. The molecule has 1 aliphatic carbocycles. The van der Waals surface area contributed by atoms with Gasteiger partial charge in [-0.1, -0.05) is 11.6 Å². The summed E-state index contributed by atoms with van der Waals surface area (Å²) in [7, 11) is 5.95. The molecule has 1 aliphatic rings. The van der Waals surface area contributed by atoms with E-state index in [9.17, 15) is 9.59 Å². The highest BCUT2D eigenvalue weighted by molar-refractivity contribution is 6.33. The number of allylic oxidation sites excluding steroid dienone is 1. The standard InChI is InChI=1S/C32H41ClO11/c1-32(2,3)44-31(35)21-14-22(15-21)40-12-13-41-26-17-28(39-7)27(38-6)16-20(26)8-10-24(34)29-25(42-18-36-4)11-9-23(33)30(29)43-19-37-5/h8-11,16-17,21-22H,12-15,18-19H2,1-7H3.